The molecule has 0 fully saturated rings. The standard InChI is InChI=1S/C22H24O3S/c1-14-3-8-19(15(2)11-14)22-20(24)12-16(13-21(22)25)9-10-26-18-6-4-17(23)5-7-18/h3-8,11,16,23-24H,9-10,12-13H2,1-2H3. The third-order valence-electron chi connectivity index (χ3n) is 4.81. The van der Waals surface area contributed by atoms with Gasteiger partial charge in [-0.05, 0) is 67.3 Å². The highest BCUT2D eigenvalue weighted by atomic mass is 32.2. The molecule has 0 bridgehead atoms. The van der Waals surface area contributed by atoms with Gasteiger partial charge in [0.1, 0.15) is 11.5 Å². The van der Waals surface area contributed by atoms with Crippen LogP contribution in [0.5, 0.6) is 5.75 Å². The third-order valence-corrected chi connectivity index (χ3v) is 5.85. The number of thioether (sulfide) groups is 1. The summed E-state index contributed by atoms with van der Waals surface area (Å²) in [5.41, 5.74) is 3.54. The average Bonchev–Trinajstić information content (AvgIpc) is 2.58. The zero-order chi connectivity index (χ0) is 18.7. The third kappa shape index (κ3) is 4.31. The van der Waals surface area contributed by atoms with Gasteiger partial charge in [-0.15, -0.1) is 11.8 Å². The van der Waals surface area contributed by atoms with Crippen LogP contribution in [0.15, 0.2) is 53.1 Å². The molecular weight excluding hydrogens is 344 g/mol. The molecule has 1 aliphatic rings. The smallest absolute Gasteiger partial charge is 0.167 e. The molecule has 3 nitrogen and oxygen atoms in total. The van der Waals surface area contributed by atoms with Crippen LogP contribution in [0.1, 0.15) is 36.0 Å². The van der Waals surface area contributed by atoms with E-state index in [0.717, 1.165) is 33.8 Å². The first-order valence-electron chi connectivity index (χ1n) is 8.89. The molecule has 2 aromatic carbocycles. The van der Waals surface area contributed by atoms with Crippen LogP contribution in [0.2, 0.25) is 0 Å². The second-order valence-electron chi connectivity index (χ2n) is 6.97. The van der Waals surface area contributed by atoms with Crippen molar-refractivity contribution < 1.29 is 15.0 Å². The maximum Gasteiger partial charge on any atom is 0.167 e. The zero-order valence-corrected chi connectivity index (χ0v) is 16.0. The average molecular weight is 368 g/mol. The Hall–Kier alpha value is -2.20. The van der Waals surface area contributed by atoms with Gasteiger partial charge in [0, 0.05) is 17.7 Å². The summed E-state index contributed by atoms with van der Waals surface area (Å²) < 4.78 is 0. The van der Waals surface area contributed by atoms with E-state index in [4.69, 9.17) is 0 Å². The number of aryl methyl sites for hydroxylation is 2. The number of ketones is 1. The maximum absolute atomic E-state index is 12.7. The number of phenols is 1. The topological polar surface area (TPSA) is 57.5 Å². The highest BCUT2D eigenvalue weighted by Crippen LogP contribution is 2.36. The molecule has 1 atom stereocenters. The minimum absolute atomic E-state index is 0.0420. The van der Waals surface area contributed by atoms with E-state index >= 15 is 0 Å². The summed E-state index contributed by atoms with van der Waals surface area (Å²) in [6.45, 7) is 4.01. The van der Waals surface area contributed by atoms with Gasteiger partial charge in [-0.2, -0.15) is 0 Å². The molecule has 136 valence electrons. The van der Waals surface area contributed by atoms with Crippen molar-refractivity contribution in [2.45, 2.75) is 38.0 Å². The predicted octanol–water partition coefficient (Wildman–Crippen LogP) is 5.44. The van der Waals surface area contributed by atoms with Crippen molar-refractivity contribution in [1.29, 1.82) is 0 Å². The summed E-state index contributed by atoms with van der Waals surface area (Å²) in [5, 5.41) is 19.8. The van der Waals surface area contributed by atoms with Crippen molar-refractivity contribution in [2.75, 3.05) is 5.75 Å². The van der Waals surface area contributed by atoms with Crippen LogP contribution in [-0.2, 0) is 4.79 Å². The van der Waals surface area contributed by atoms with Gasteiger partial charge in [-0.25, -0.2) is 0 Å². The van der Waals surface area contributed by atoms with Crippen LogP contribution in [0.3, 0.4) is 0 Å². The minimum Gasteiger partial charge on any atom is -0.512 e. The molecule has 0 heterocycles. The predicted molar refractivity (Wildman–Crippen MR) is 107 cm³/mol. The molecule has 3 rings (SSSR count). The SMILES string of the molecule is Cc1ccc(C2=C(O)CC(CCSc3ccc(O)cc3)CC2=O)c(C)c1. The number of aliphatic hydroxyl groups excluding tert-OH is 1. The van der Waals surface area contributed by atoms with Crippen LogP contribution in [0.4, 0.5) is 0 Å². The number of benzene rings is 2. The zero-order valence-electron chi connectivity index (χ0n) is 15.2. The molecule has 2 aromatic rings. The molecule has 26 heavy (non-hydrogen) atoms. The summed E-state index contributed by atoms with van der Waals surface area (Å²) in [6.07, 6.45) is 1.93. The van der Waals surface area contributed by atoms with Crippen LogP contribution in [-0.4, -0.2) is 21.7 Å². The molecule has 0 saturated carbocycles. The highest BCUT2D eigenvalue weighted by Gasteiger charge is 2.29. The lowest BCUT2D eigenvalue weighted by Gasteiger charge is -2.24. The van der Waals surface area contributed by atoms with Crippen molar-refractivity contribution in [1.82, 2.24) is 0 Å². The molecule has 2 N–H and O–H groups in total. The molecule has 0 aliphatic heterocycles. The highest BCUT2D eigenvalue weighted by molar-refractivity contribution is 7.99. The van der Waals surface area contributed by atoms with Crippen LogP contribution >= 0.6 is 11.8 Å². The monoisotopic (exact) mass is 368 g/mol. The molecule has 1 aliphatic carbocycles. The number of hydrogen-bond donors (Lipinski definition) is 2. The lowest BCUT2D eigenvalue weighted by molar-refractivity contribution is -0.115. The number of carbonyl (C=O) groups excluding carboxylic acids is 1. The summed E-state index contributed by atoms with van der Waals surface area (Å²) >= 11 is 1.71. The van der Waals surface area contributed by atoms with Gasteiger partial charge in [0.15, 0.2) is 5.78 Å². The minimum atomic E-state index is 0.0420. The summed E-state index contributed by atoms with van der Waals surface area (Å²) in [5.74, 6) is 1.60. The van der Waals surface area contributed by atoms with Gasteiger partial charge in [-0.1, -0.05) is 23.8 Å². The molecule has 1 unspecified atom stereocenters. The summed E-state index contributed by atoms with van der Waals surface area (Å²) in [7, 11) is 0. The number of aliphatic hydroxyl groups is 1. The Morgan fingerprint density at radius 3 is 2.42 bits per heavy atom. The van der Waals surface area contributed by atoms with E-state index in [9.17, 15) is 15.0 Å². The number of hydrogen-bond acceptors (Lipinski definition) is 4. The number of rotatable bonds is 5. The van der Waals surface area contributed by atoms with Crippen molar-refractivity contribution in [2.24, 2.45) is 5.92 Å². The van der Waals surface area contributed by atoms with Crippen molar-refractivity contribution in [3.63, 3.8) is 0 Å². The van der Waals surface area contributed by atoms with E-state index in [1.807, 2.05) is 44.2 Å². The first kappa shape index (κ1) is 18.6. The summed E-state index contributed by atoms with van der Waals surface area (Å²) in [4.78, 5) is 13.8. The Labute approximate surface area is 158 Å². The number of phenolic OH excluding ortho intramolecular Hbond substituents is 1. The van der Waals surface area contributed by atoms with Crippen LogP contribution in [0, 0.1) is 19.8 Å². The lowest BCUT2D eigenvalue weighted by atomic mass is 9.82. The van der Waals surface area contributed by atoms with Crippen molar-refractivity contribution in [3.05, 3.63) is 64.9 Å². The van der Waals surface area contributed by atoms with Gasteiger partial charge in [-0.3, -0.25) is 4.79 Å². The van der Waals surface area contributed by atoms with E-state index in [1.165, 1.54) is 0 Å². The second kappa shape index (κ2) is 8.00. The van der Waals surface area contributed by atoms with Crippen molar-refractivity contribution >= 4 is 23.1 Å². The Balaban J connectivity index is 1.64. The first-order chi connectivity index (χ1) is 12.4. The number of aromatic hydroxyl groups is 1. The van der Waals surface area contributed by atoms with Crippen molar-refractivity contribution in [3.8, 4) is 5.75 Å². The maximum atomic E-state index is 12.7. The van der Waals surface area contributed by atoms with Crippen LogP contribution in [0.25, 0.3) is 5.57 Å². The van der Waals surface area contributed by atoms with E-state index in [1.54, 1.807) is 23.9 Å². The van der Waals surface area contributed by atoms with Gasteiger partial charge in [0.05, 0.1) is 5.57 Å². The normalized spacial score (nSPS) is 17.6. The van der Waals surface area contributed by atoms with Gasteiger partial charge in [0.2, 0.25) is 0 Å². The molecule has 0 spiro atoms. The molecule has 0 amide bonds. The largest absolute Gasteiger partial charge is 0.512 e. The van der Waals surface area contributed by atoms with Gasteiger partial charge < -0.3 is 10.2 Å². The summed E-state index contributed by atoms with van der Waals surface area (Å²) in [6, 6.07) is 13.1. The quantitative estimate of drug-likeness (QED) is 0.690. The van der Waals surface area contributed by atoms with Crippen LogP contribution < -0.4 is 0 Å². The first-order valence-corrected chi connectivity index (χ1v) is 9.87. The fourth-order valence-corrected chi connectivity index (χ4v) is 4.48. The molecular formula is C22H24O3S. The molecule has 0 radical (unpaired) electrons. The molecule has 0 aromatic heterocycles. The Morgan fingerprint density at radius 1 is 1.04 bits per heavy atom. The van der Waals surface area contributed by atoms with E-state index < -0.39 is 0 Å². The Kier molecular flexibility index (Phi) is 5.72. The van der Waals surface area contributed by atoms with Gasteiger partial charge >= 0.3 is 0 Å². The number of carbonyl (C=O) groups is 1. The van der Waals surface area contributed by atoms with E-state index in [2.05, 4.69) is 0 Å². The van der Waals surface area contributed by atoms with Gasteiger partial charge in [0.25, 0.3) is 0 Å². The molecule has 4 heteroatoms. The number of Topliss-reactive ketones (excluding diaryl/α,β-unsaturated/α-hetero) is 1. The number of allylic oxidation sites excluding steroid dienone is 2. The molecule has 0 saturated heterocycles. The van der Waals surface area contributed by atoms with E-state index in [0.29, 0.717) is 18.4 Å². The van der Waals surface area contributed by atoms with E-state index in [-0.39, 0.29) is 23.2 Å². The Morgan fingerprint density at radius 2 is 1.77 bits per heavy atom. The Bertz CT molecular complexity index is 837. The fourth-order valence-electron chi connectivity index (χ4n) is 3.46. The fraction of sp³-hybridized carbons (Fsp3) is 0.318. The lowest BCUT2D eigenvalue weighted by Crippen LogP contribution is -2.20. The second-order valence-corrected chi connectivity index (χ2v) is 8.14.